The molecule has 0 unspecified atom stereocenters. The van der Waals surface area contributed by atoms with Crippen LogP contribution in [0.1, 0.15) is 33.5 Å². The molecular weight excluding hydrogens is 298 g/mol. The van der Waals surface area contributed by atoms with Gasteiger partial charge in [0.25, 0.3) is 0 Å². The monoisotopic (exact) mass is 317 g/mol. The number of fused-ring (bicyclic) bond motifs is 2. The molecule has 1 aromatic heterocycles. The van der Waals surface area contributed by atoms with Gasteiger partial charge in [-0.1, -0.05) is 30.3 Å². The maximum atomic E-state index is 12.7. The molecule has 2 aromatic carbocycles. The molecule has 0 radical (unpaired) electrons. The summed E-state index contributed by atoms with van der Waals surface area (Å²) >= 11 is 0. The normalized spacial score (nSPS) is 13.4. The van der Waals surface area contributed by atoms with E-state index in [1.54, 1.807) is 0 Å². The lowest BCUT2D eigenvalue weighted by molar-refractivity contribution is 0.0992. The Labute approximate surface area is 141 Å². The number of ketones is 1. The molecule has 0 saturated heterocycles. The molecule has 0 N–H and O–H groups in total. The third-order valence-corrected chi connectivity index (χ3v) is 4.54. The molecule has 4 rings (SSSR count). The van der Waals surface area contributed by atoms with Crippen molar-refractivity contribution in [1.82, 2.24) is 4.98 Å². The maximum Gasteiger partial charge on any atom is 0.217 e. The summed E-state index contributed by atoms with van der Waals surface area (Å²) in [5.74, 6) is 0.895. The molecule has 3 heteroatoms. The molecule has 0 spiro atoms. The van der Waals surface area contributed by atoms with E-state index in [0.29, 0.717) is 6.42 Å². The van der Waals surface area contributed by atoms with Crippen molar-refractivity contribution in [2.75, 3.05) is 6.61 Å². The molecule has 24 heavy (non-hydrogen) atoms. The molecule has 1 aliphatic rings. The zero-order valence-corrected chi connectivity index (χ0v) is 13.7. The number of ether oxygens (including phenoxy) is 1. The summed E-state index contributed by atoms with van der Waals surface area (Å²) in [6, 6.07) is 16.0. The van der Waals surface area contributed by atoms with Gasteiger partial charge < -0.3 is 4.74 Å². The largest absolute Gasteiger partial charge is 0.477 e. The van der Waals surface area contributed by atoms with E-state index in [2.05, 4.69) is 11.1 Å². The standard InChI is InChI=1S/C21H19NO2/c1-14-10-19-17(12-16-8-5-9-24-21(16)22-19)13-18(14)20(23)11-15-6-3-2-4-7-15/h2-4,6-7,10,12-13H,5,8-9,11H2,1H3. The molecule has 0 saturated carbocycles. The quantitative estimate of drug-likeness (QED) is 0.676. The average molecular weight is 317 g/mol. The molecule has 0 amide bonds. The Bertz CT molecular complexity index is 916. The number of Topliss-reactive ketones (excluding diaryl/α,β-unsaturated/α-hetero) is 1. The van der Waals surface area contributed by atoms with Gasteiger partial charge in [0.05, 0.1) is 12.1 Å². The summed E-state index contributed by atoms with van der Waals surface area (Å²) in [5, 5.41) is 1.02. The van der Waals surface area contributed by atoms with E-state index in [4.69, 9.17) is 4.74 Å². The van der Waals surface area contributed by atoms with Crippen LogP contribution in [0.3, 0.4) is 0 Å². The van der Waals surface area contributed by atoms with Crippen LogP contribution < -0.4 is 4.74 Å². The lowest BCUT2D eigenvalue weighted by Crippen LogP contribution is -2.10. The zero-order chi connectivity index (χ0) is 16.5. The molecule has 0 aliphatic carbocycles. The minimum atomic E-state index is 0.148. The average Bonchev–Trinajstić information content (AvgIpc) is 2.60. The summed E-state index contributed by atoms with van der Waals surface area (Å²) in [5.41, 5.74) is 4.82. The van der Waals surface area contributed by atoms with Crippen molar-refractivity contribution in [2.24, 2.45) is 0 Å². The van der Waals surface area contributed by atoms with Crippen molar-refractivity contribution in [2.45, 2.75) is 26.2 Å². The van der Waals surface area contributed by atoms with Crippen molar-refractivity contribution in [3.63, 3.8) is 0 Å². The molecule has 0 atom stereocenters. The van der Waals surface area contributed by atoms with Crippen molar-refractivity contribution in [3.8, 4) is 5.88 Å². The predicted octanol–water partition coefficient (Wildman–Crippen LogP) is 4.29. The minimum Gasteiger partial charge on any atom is -0.477 e. The molecule has 120 valence electrons. The van der Waals surface area contributed by atoms with Gasteiger partial charge in [-0.05, 0) is 49.1 Å². The van der Waals surface area contributed by atoms with Gasteiger partial charge in [0.2, 0.25) is 5.88 Å². The number of aromatic nitrogens is 1. The van der Waals surface area contributed by atoms with E-state index in [0.717, 1.165) is 58.5 Å². The second kappa shape index (κ2) is 6.08. The van der Waals surface area contributed by atoms with Crippen LogP contribution >= 0.6 is 0 Å². The van der Waals surface area contributed by atoms with Crippen molar-refractivity contribution < 1.29 is 9.53 Å². The first-order valence-electron chi connectivity index (χ1n) is 8.35. The molecule has 3 nitrogen and oxygen atoms in total. The number of carbonyl (C=O) groups excluding carboxylic acids is 1. The maximum absolute atomic E-state index is 12.7. The fourth-order valence-electron chi connectivity index (χ4n) is 3.26. The molecule has 3 aromatic rings. The van der Waals surface area contributed by atoms with Crippen molar-refractivity contribution in [1.29, 1.82) is 0 Å². The van der Waals surface area contributed by atoms with Crippen LogP contribution in [0.4, 0.5) is 0 Å². The van der Waals surface area contributed by atoms with Crippen LogP contribution in [-0.4, -0.2) is 17.4 Å². The number of pyridine rings is 1. The highest BCUT2D eigenvalue weighted by atomic mass is 16.5. The lowest BCUT2D eigenvalue weighted by Gasteiger charge is -2.17. The van der Waals surface area contributed by atoms with Gasteiger partial charge in [-0.2, -0.15) is 0 Å². The Balaban J connectivity index is 1.72. The van der Waals surface area contributed by atoms with Gasteiger partial charge in [-0.3, -0.25) is 4.79 Å². The number of hydrogen-bond donors (Lipinski definition) is 0. The number of aryl methyl sites for hydroxylation is 2. The minimum absolute atomic E-state index is 0.148. The first kappa shape index (κ1) is 14.9. The van der Waals surface area contributed by atoms with Gasteiger partial charge in [-0.15, -0.1) is 0 Å². The first-order valence-corrected chi connectivity index (χ1v) is 8.35. The van der Waals surface area contributed by atoms with E-state index in [1.807, 2.05) is 49.4 Å². The van der Waals surface area contributed by atoms with Crippen molar-refractivity contribution in [3.05, 3.63) is 70.8 Å². The Hall–Kier alpha value is -2.68. The van der Waals surface area contributed by atoms with Gasteiger partial charge in [0.1, 0.15) is 0 Å². The number of carbonyl (C=O) groups is 1. The number of benzene rings is 2. The van der Waals surface area contributed by atoms with E-state index < -0.39 is 0 Å². The number of rotatable bonds is 3. The molecular formula is C21H19NO2. The van der Waals surface area contributed by atoms with E-state index >= 15 is 0 Å². The highest BCUT2D eigenvalue weighted by molar-refractivity contribution is 6.02. The van der Waals surface area contributed by atoms with Crippen LogP contribution in [0.5, 0.6) is 5.88 Å². The summed E-state index contributed by atoms with van der Waals surface area (Å²) in [4.78, 5) is 17.3. The van der Waals surface area contributed by atoms with Crippen LogP contribution in [0.15, 0.2) is 48.5 Å². The molecule has 0 bridgehead atoms. The molecule has 1 aliphatic heterocycles. The lowest BCUT2D eigenvalue weighted by atomic mass is 9.96. The summed E-state index contributed by atoms with van der Waals surface area (Å²) in [7, 11) is 0. The second-order valence-corrected chi connectivity index (χ2v) is 6.35. The Morgan fingerprint density at radius 2 is 2.00 bits per heavy atom. The summed E-state index contributed by atoms with van der Waals surface area (Å²) in [6.45, 7) is 2.71. The molecule has 2 heterocycles. The molecule has 0 fully saturated rings. The van der Waals surface area contributed by atoms with Gasteiger partial charge in [-0.25, -0.2) is 4.98 Å². The van der Waals surface area contributed by atoms with Crippen LogP contribution in [0.2, 0.25) is 0 Å². The number of hydrogen-bond acceptors (Lipinski definition) is 3. The third-order valence-electron chi connectivity index (χ3n) is 4.54. The highest BCUT2D eigenvalue weighted by Gasteiger charge is 2.16. The summed E-state index contributed by atoms with van der Waals surface area (Å²) < 4.78 is 5.65. The highest BCUT2D eigenvalue weighted by Crippen LogP contribution is 2.28. The van der Waals surface area contributed by atoms with Crippen molar-refractivity contribution >= 4 is 16.7 Å². The Morgan fingerprint density at radius 3 is 2.83 bits per heavy atom. The van der Waals surface area contributed by atoms with E-state index in [9.17, 15) is 4.79 Å². The topological polar surface area (TPSA) is 39.2 Å². The smallest absolute Gasteiger partial charge is 0.217 e. The van der Waals surface area contributed by atoms with Crippen LogP contribution in [0.25, 0.3) is 10.9 Å². The van der Waals surface area contributed by atoms with E-state index in [1.165, 1.54) is 0 Å². The summed E-state index contributed by atoms with van der Waals surface area (Å²) in [6.07, 6.45) is 2.43. The number of nitrogens with zero attached hydrogens (tertiary/aromatic N) is 1. The second-order valence-electron chi connectivity index (χ2n) is 6.35. The predicted molar refractivity (Wildman–Crippen MR) is 94.8 cm³/mol. The van der Waals surface area contributed by atoms with Gasteiger partial charge >= 0.3 is 0 Å². The van der Waals surface area contributed by atoms with Crippen LogP contribution in [-0.2, 0) is 12.8 Å². The SMILES string of the molecule is Cc1cc2nc3c(cc2cc1C(=O)Cc1ccccc1)CCCO3. The Kier molecular flexibility index (Phi) is 3.77. The first-order chi connectivity index (χ1) is 11.7. The zero-order valence-electron chi connectivity index (χ0n) is 13.7. The van der Waals surface area contributed by atoms with Crippen LogP contribution in [0, 0.1) is 6.92 Å². The fraction of sp³-hybridized carbons (Fsp3) is 0.238. The van der Waals surface area contributed by atoms with Gasteiger partial charge in [0, 0.05) is 22.9 Å². The Morgan fingerprint density at radius 1 is 1.17 bits per heavy atom. The third kappa shape index (κ3) is 2.78. The van der Waals surface area contributed by atoms with E-state index in [-0.39, 0.29) is 5.78 Å². The fourth-order valence-corrected chi connectivity index (χ4v) is 3.26. The van der Waals surface area contributed by atoms with Gasteiger partial charge in [0.15, 0.2) is 5.78 Å².